The largest absolute Gasteiger partial charge is 0.490 e. The van der Waals surface area contributed by atoms with Gasteiger partial charge in [-0.2, -0.15) is 5.10 Å². The molecule has 234 valence electrons. The summed E-state index contributed by atoms with van der Waals surface area (Å²) in [5.74, 6) is -1.34. The zero-order valence-corrected chi connectivity index (χ0v) is 26.7. The number of thiophene rings is 1. The third kappa shape index (κ3) is 5.31. The maximum Gasteiger partial charge on any atom is 0.137 e. The molecule has 6 heterocycles. The van der Waals surface area contributed by atoms with Crippen LogP contribution in [0.3, 0.4) is 0 Å². The van der Waals surface area contributed by atoms with Gasteiger partial charge in [-0.1, -0.05) is 6.92 Å². The van der Waals surface area contributed by atoms with Gasteiger partial charge in [-0.15, -0.1) is 11.3 Å². The summed E-state index contributed by atoms with van der Waals surface area (Å²) in [5.41, 5.74) is 6.82. The van der Waals surface area contributed by atoms with Crippen LogP contribution < -0.4 is 10.1 Å². The van der Waals surface area contributed by atoms with Crippen molar-refractivity contribution >= 4 is 21.4 Å². The number of ether oxygens (including phenoxy) is 2. The second-order valence-electron chi connectivity index (χ2n) is 11.7. The van der Waals surface area contributed by atoms with E-state index < -0.39 is 11.6 Å². The summed E-state index contributed by atoms with van der Waals surface area (Å²) in [6, 6.07) is 8.74. The number of pyridine rings is 2. The lowest BCUT2D eigenvalue weighted by Crippen LogP contribution is -2.33. The number of likely N-dealkylation sites (N-methyl/N-ethyl adjacent to an activating group) is 1. The third-order valence-electron chi connectivity index (χ3n) is 9.04. The summed E-state index contributed by atoms with van der Waals surface area (Å²) < 4.78 is 44.6. The van der Waals surface area contributed by atoms with Crippen molar-refractivity contribution in [3.8, 4) is 39.5 Å². The van der Waals surface area contributed by atoms with Gasteiger partial charge in [0, 0.05) is 83.9 Å². The van der Waals surface area contributed by atoms with Crippen LogP contribution in [0.2, 0.25) is 0 Å². The highest BCUT2D eigenvalue weighted by molar-refractivity contribution is 7.18. The lowest BCUT2D eigenvalue weighted by molar-refractivity contribution is 0.146. The second kappa shape index (κ2) is 12.2. The van der Waals surface area contributed by atoms with Crippen LogP contribution in [-0.4, -0.2) is 65.1 Å². The number of rotatable bonds is 8. The maximum atomic E-state index is 16.0. The number of nitrogens with zero attached hydrogens (tertiary/aromatic N) is 5. The zero-order chi connectivity index (χ0) is 31.2. The van der Waals surface area contributed by atoms with Gasteiger partial charge >= 0.3 is 0 Å². The summed E-state index contributed by atoms with van der Waals surface area (Å²) in [6.07, 6.45) is 3.69. The predicted molar refractivity (Wildman–Crippen MR) is 173 cm³/mol. The molecule has 0 spiro atoms. The number of fused-ring (bicyclic) bond motifs is 3. The number of aromatic nitrogens is 4. The van der Waals surface area contributed by atoms with Crippen molar-refractivity contribution in [3.05, 3.63) is 70.5 Å². The topological polar surface area (TPSA) is 77.3 Å². The number of hydrogen-bond acceptors (Lipinski definition) is 8. The van der Waals surface area contributed by atoms with E-state index in [1.165, 1.54) is 23.0 Å². The summed E-state index contributed by atoms with van der Waals surface area (Å²) >= 11 is 1.49. The second-order valence-corrected chi connectivity index (χ2v) is 12.6. The highest BCUT2D eigenvalue weighted by Crippen LogP contribution is 2.47. The molecule has 0 bridgehead atoms. The Bertz CT molecular complexity index is 1890. The van der Waals surface area contributed by atoms with Crippen molar-refractivity contribution in [1.29, 1.82) is 0 Å². The fourth-order valence-corrected chi connectivity index (χ4v) is 7.48. The van der Waals surface area contributed by atoms with E-state index in [0.717, 1.165) is 64.7 Å². The quantitative estimate of drug-likeness (QED) is 0.189. The van der Waals surface area contributed by atoms with Crippen molar-refractivity contribution in [3.63, 3.8) is 0 Å². The van der Waals surface area contributed by atoms with Crippen molar-refractivity contribution in [2.75, 3.05) is 40.5 Å². The average Bonchev–Trinajstić information content (AvgIpc) is 3.70. The normalized spacial score (nSPS) is 18.3. The van der Waals surface area contributed by atoms with Gasteiger partial charge in [-0.05, 0) is 49.5 Å². The first kappa shape index (κ1) is 29.9. The molecule has 2 unspecified atom stereocenters. The van der Waals surface area contributed by atoms with Crippen LogP contribution in [0.5, 0.6) is 5.75 Å². The Labute approximate surface area is 265 Å². The molecular formula is C34H36F2N6O2S. The van der Waals surface area contributed by atoms with Gasteiger partial charge < -0.3 is 14.8 Å². The first-order valence-corrected chi connectivity index (χ1v) is 16.3. The van der Waals surface area contributed by atoms with Gasteiger partial charge in [-0.25, -0.2) is 13.8 Å². The molecule has 2 aliphatic rings. The molecule has 11 heteroatoms. The summed E-state index contributed by atoms with van der Waals surface area (Å²) in [5, 5.41) is 11.4. The molecule has 0 radical (unpaired) electrons. The van der Waals surface area contributed by atoms with Gasteiger partial charge in [0.25, 0.3) is 0 Å². The summed E-state index contributed by atoms with van der Waals surface area (Å²) in [4.78, 5) is 12.5. The average molecular weight is 631 g/mol. The first-order valence-electron chi connectivity index (χ1n) is 15.4. The summed E-state index contributed by atoms with van der Waals surface area (Å²) in [6.45, 7) is 7.22. The first-order chi connectivity index (χ1) is 21.9. The SMILES string of the molecule is CCC1NCCn2nc(-c3nc(-c4cnc5c(c4)C(C)N(C)CC5)c4ccsc4c3-c3c(F)cc(F)cc3OCCOC)cc21. The van der Waals surface area contributed by atoms with Crippen LogP contribution in [0.4, 0.5) is 8.78 Å². The van der Waals surface area contributed by atoms with E-state index >= 15 is 4.39 Å². The molecule has 8 nitrogen and oxygen atoms in total. The molecule has 0 fully saturated rings. The lowest BCUT2D eigenvalue weighted by Gasteiger charge is -2.31. The Morgan fingerprint density at radius 1 is 1.09 bits per heavy atom. The fourth-order valence-electron chi connectivity index (χ4n) is 6.54. The number of hydrogen-bond donors (Lipinski definition) is 1. The van der Waals surface area contributed by atoms with E-state index in [0.29, 0.717) is 23.5 Å². The van der Waals surface area contributed by atoms with E-state index in [4.69, 9.17) is 24.5 Å². The minimum atomic E-state index is -0.725. The molecular weight excluding hydrogens is 594 g/mol. The Balaban J connectivity index is 1.50. The number of nitrogens with one attached hydrogen (secondary N) is 1. The molecule has 0 amide bonds. The number of halogens is 2. The van der Waals surface area contributed by atoms with Gasteiger partial charge in [0.05, 0.1) is 30.1 Å². The highest BCUT2D eigenvalue weighted by atomic mass is 32.1. The Morgan fingerprint density at radius 3 is 2.78 bits per heavy atom. The van der Waals surface area contributed by atoms with Crippen molar-refractivity contribution < 1.29 is 18.3 Å². The Kier molecular flexibility index (Phi) is 8.11. The fraction of sp³-hybridized carbons (Fsp3) is 0.382. The maximum absolute atomic E-state index is 16.0. The predicted octanol–water partition coefficient (Wildman–Crippen LogP) is 6.80. The van der Waals surface area contributed by atoms with Gasteiger partial charge in [0.2, 0.25) is 0 Å². The van der Waals surface area contributed by atoms with E-state index in [2.05, 4.69) is 37.2 Å². The van der Waals surface area contributed by atoms with Crippen molar-refractivity contribution in [1.82, 2.24) is 30.0 Å². The standard InChI is InChI=1S/C34H36F2N6O2S/c1-5-25-28-17-27(40-42(28)10-8-37-25)33-31(30-24(36)15-21(35)16-29(30)44-12-11-43-4)34-22(7-13-45-34)32(39-33)20-14-23-19(2)41(3)9-6-26(23)38-18-20/h7,13-19,25,37H,5-6,8-12H2,1-4H3. The van der Waals surface area contributed by atoms with Gasteiger partial charge in [-0.3, -0.25) is 14.6 Å². The lowest BCUT2D eigenvalue weighted by atomic mass is 9.94. The van der Waals surface area contributed by atoms with Crippen LogP contribution in [-0.2, 0) is 17.7 Å². The molecule has 1 aromatic carbocycles. The Hall–Kier alpha value is -3.77. The van der Waals surface area contributed by atoms with Crippen LogP contribution in [0.15, 0.2) is 41.9 Å². The monoisotopic (exact) mass is 630 g/mol. The van der Waals surface area contributed by atoms with Crippen LogP contribution >= 0.6 is 11.3 Å². The van der Waals surface area contributed by atoms with Crippen LogP contribution in [0, 0.1) is 11.6 Å². The highest BCUT2D eigenvalue weighted by Gasteiger charge is 2.30. The van der Waals surface area contributed by atoms with E-state index in [-0.39, 0.29) is 36.6 Å². The van der Waals surface area contributed by atoms with E-state index in [1.807, 2.05) is 28.4 Å². The minimum absolute atomic E-state index is 0.0967. The molecule has 5 aromatic rings. The molecule has 1 N–H and O–H groups in total. The van der Waals surface area contributed by atoms with Crippen LogP contribution in [0.1, 0.15) is 49.3 Å². The Morgan fingerprint density at radius 2 is 1.96 bits per heavy atom. The molecule has 45 heavy (non-hydrogen) atoms. The molecule has 2 atom stereocenters. The molecule has 0 aliphatic carbocycles. The number of methoxy groups -OCH3 is 1. The van der Waals surface area contributed by atoms with Gasteiger partial charge in [0.1, 0.15) is 35.4 Å². The smallest absolute Gasteiger partial charge is 0.137 e. The molecule has 4 aromatic heterocycles. The van der Waals surface area contributed by atoms with Crippen LogP contribution in [0.25, 0.3) is 43.9 Å². The number of benzene rings is 1. The van der Waals surface area contributed by atoms with E-state index in [9.17, 15) is 4.39 Å². The van der Waals surface area contributed by atoms with Gasteiger partial charge in [0.15, 0.2) is 0 Å². The van der Waals surface area contributed by atoms with E-state index in [1.54, 1.807) is 7.11 Å². The molecule has 7 rings (SSSR count). The summed E-state index contributed by atoms with van der Waals surface area (Å²) in [7, 11) is 3.69. The molecule has 0 saturated carbocycles. The minimum Gasteiger partial charge on any atom is -0.490 e. The molecule has 2 aliphatic heterocycles. The van der Waals surface area contributed by atoms with Crippen molar-refractivity contribution in [2.24, 2.45) is 0 Å². The van der Waals surface area contributed by atoms with Crippen molar-refractivity contribution in [2.45, 2.75) is 45.3 Å². The zero-order valence-electron chi connectivity index (χ0n) is 25.9. The third-order valence-corrected chi connectivity index (χ3v) is 9.98. The molecule has 0 saturated heterocycles.